The molecule has 1 fully saturated rings. The van der Waals surface area contributed by atoms with E-state index < -0.39 is 0 Å². The smallest absolute Gasteiger partial charge is 0.0462 e. The molecule has 0 aromatic carbocycles. The summed E-state index contributed by atoms with van der Waals surface area (Å²) >= 11 is 5.84. The molecule has 0 spiro atoms. The van der Waals surface area contributed by atoms with Gasteiger partial charge in [-0.05, 0) is 51.2 Å². The van der Waals surface area contributed by atoms with Gasteiger partial charge in [0.1, 0.15) is 0 Å². The van der Waals surface area contributed by atoms with Crippen molar-refractivity contribution in [2.45, 2.75) is 25.7 Å². The molecule has 0 radical (unpaired) electrons. The molecule has 84 valence electrons. The van der Waals surface area contributed by atoms with Crippen molar-refractivity contribution in [1.29, 1.82) is 0 Å². The lowest BCUT2D eigenvalue weighted by atomic mass is 9.99. The molecule has 1 rings (SSSR count). The van der Waals surface area contributed by atoms with E-state index >= 15 is 0 Å². The van der Waals surface area contributed by atoms with Crippen LogP contribution < -0.4 is 0 Å². The summed E-state index contributed by atoms with van der Waals surface area (Å²) in [6.45, 7) is 4.62. The van der Waals surface area contributed by atoms with Gasteiger partial charge in [-0.25, -0.2) is 0 Å². The van der Waals surface area contributed by atoms with Gasteiger partial charge in [-0.3, -0.25) is 0 Å². The summed E-state index contributed by atoms with van der Waals surface area (Å²) in [4.78, 5) is 2.55. The van der Waals surface area contributed by atoms with Crippen molar-refractivity contribution in [3.63, 3.8) is 0 Å². The van der Waals surface area contributed by atoms with Crippen LogP contribution in [0.5, 0.6) is 0 Å². The third kappa shape index (κ3) is 4.63. The highest BCUT2D eigenvalue weighted by Crippen LogP contribution is 2.18. The number of unbranched alkanes of at least 4 members (excludes halogenated alkanes) is 1. The van der Waals surface area contributed by atoms with Gasteiger partial charge < -0.3 is 9.64 Å². The van der Waals surface area contributed by atoms with Gasteiger partial charge in [-0.1, -0.05) is 0 Å². The van der Waals surface area contributed by atoms with E-state index in [9.17, 15) is 0 Å². The lowest BCUT2D eigenvalue weighted by Crippen LogP contribution is -2.34. The third-order valence-electron chi connectivity index (χ3n) is 3.00. The molecule has 0 unspecified atom stereocenters. The Bertz CT molecular complexity index is 135. The molecule has 1 aliphatic rings. The van der Waals surface area contributed by atoms with Gasteiger partial charge in [0.15, 0.2) is 0 Å². The molecule has 0 bridgehead atoms. The molecule has 14 heavy (non-hydrogen) atoms. The van der Waals surface area contributed by atoms with Gasteiger partial charge in [0.2, 0.25) is 0 Å². The highest BCUT2D eigenvalue weighted by atomic mass is 35.5. The normalized spacial score (nSPS) is 20.1. The van der Waals surface area contributed by atoms with Crippen molar-refractivity contribution in [2.75, 3.05) is 39.2 Å². The van der Waals surface area contributed by atoms with Crippen LogP contribution in [0.1, 0.15) is 25.7 Å². The van der Waals surface area contributed by atoms with Crippen molar-refractivity contribution in [1.82, 2.24) is 4.90 Å². The lowest BCUT2D eigenvalue weighted by Gasteiger charge is -2.30. The van der Waals surface area contributed by atoms with Gasteiger partial charge in [-0.15, -0.1) is 11.6 Å². The van der Waals surface area contributed by atoms with Crippen molar-refractivity contribution >= 4 is 11.6 Å². The zero-order valence-corrected chi connectivity index (χ0v) is 9.93. The second-order valence-corrected chi connectivity index (χ2v) is 4.45. The first kappa shape index (κ1) is 12.3. The first-order chi connectivity index (χ1) is 6.86. The molecule has 3 heteroatoms. The number of alkyl halides is 1. The summed E-state index contributed by atoms with van der Waals surface area (Å²) in [5, 5.41) is 0. The van der Waals surface area contributed by atoms with Crippen molar-refractivity contribution < 1.29 is 4.74 Å². The topological polar surface area (TPSA) is 12.5 Å². The second kappa shape index (κ2) is 7.49. The molecule has 0 N–H and O–H groups in total. The third-order valence-corrected chi connectivity index (χ3v) is 3.43. The predicted molar refractivity (Wildman–Crippen MR) is 61.0 cm³/mol. The lowest BCUT2D eigenvalue weighted by molar-refractivity contribution is 0.167. The fourth-order valence-electron chi connectivity index (χ4n) is 1.95. The number of halogens is 1. The Labute approximate surface area is 92.6 Å². The van der Waals surface area contributed by atoms with E-state index in [2.05, 4.69) is 4.90 Å². The standard InChI is InChI=1S/C11H22ClNO/c1-14-9-3-2-6-13-7-4-11(10-12)5-8-13/h11H,2-10H2,1H3. The number of rotatable bonds is 6. The molecular formula is C11H22ClNO. The summed E-state index contributed by atoms with van der Waals surface area (Å²) in [6.07, 6.45) is 5.02. The van der Waals surface area contributed by atoms with Gasteiger partial charge in [-0.2, -0.15) is 0 Å². The largest absolute Gasteiger partial charge is 0.385 e. The van der Waals surface area contributed by atoms with Crippen LogP contribution in [0.3, 0.4) is 0 Å². The Balaban J connectivity index is 1.98. The fourth-order valence-corrected chi connectivity index (χ4v) is 2.25. The predicted octanol–water partition coefficient (Wildman–Crippen LogP) is 2.36. The molecule has 0 aromatic heterocycles. The SMILES string of the molecule is COCCCCN1CCC(CCl)CC1. The average Bonchev–Trinajstić information content (AvgIpc) is 2.25. The van der Waals surface area contributed by atoms with Crippen molar-refractivity contribution in [2.24, 2.45) is 5.92 Å². The molecule has 0 aliphatic carbocycles. The summed E-state index contributed by atoms with van der Waals surface area (Å²) < 4.78 is 5.03. The minimum atomic E-state index is 0.770. The van der Waals surface area contributed by atoms with E-state index in [0.717, 1.165) is 18.4 Å². The van der Waals surface area contributed by atoms with E-state index in [-0.39, 0.29) is 0 Å². The zero-order valence-electron chi connectivity index (χ0n) is 9.17. The maximum atomic E-state index is 5.84. The quantitative estimate of drug-likeness (QED) is 0.503. The van der Waals surface area contributed by atoms with Crippen LogP contribution in [-0.2, 0) is 4.74 Å². The molecular weight excluding hydrogens is 198 g/mol. The zero-order chi connectivity index (χ0) is 10.2. The number of likely N-dealkylation sites (tertiary alicyclic amines) is 1. The molecule has 0 amide bonds. The van der Waals surface area contributed by atoms with Gasteiger partial charge >= 0.3 is 0 Å². The maximum absolute atomic E-state index is 5.84. The van der Waals surface area contributed by atoms with Crippen LogP contribution in [0.15, 0.2) is 0 Å². The molecule has 1 saturated heterocycles. The number of piperidine rings is 1. The van der Waals surface area contributed by atoms with Crippen LogP contribution in [0, 0.1) is 5.92 Å². The van der Waals surface area contributed by atoms with E-state index in [1.54, 1.807) is 7.11 Å². The minimum absolute atomic E-state index is 0.770. The van der Waals surface area contributed by atoms with E-state index in [4.69, 9.17) is 16.3 Å². The number of methoxy groups -OCH3 is 1. The molecule has 0 atom stereocenters. The molecule has 2 nitrogen and oxygen atoms in total. The Hall–Kier alpha value is 0.210. The van der Waals surface area contributed by atoms with Crippen LogP contribution in [0.4, 0.5) is 0 Å². The monoisotopic (exact) mass is 219 g/mol. The Morgan fingerprint density at radius 3 is 2.57 bits per heavy atom. The first-order valence-electron chi connectivity index (χ1n) is 5.64. The van der Waals surface area contributed by atoms with Gasteiger partial charge in [0.05, 0.1) is 0 Å². The van der Waals surface area contributed by atoms with Gasteiger partial charge in [0, 0.05) is 19.6 Å². The average molecular weight is 220 g/mol. The number of hydrogen-bond donors (Lipinski definition) is 0. The molecule has 0 saturated carbocycles. The van der Waals surface area contributed by atoms with Crippen LogP contribution >= 0.6 is 11.6 Å². The Kier molecular flexibility index (Phi) is 6.57. The summed E-state index contributed by atoms with van der Waals surface area (Å²) in [5.74, 6) is 1.62. The van der Waals surface area contributed by atoms with E-state index in [0.29, 0.717) is 0 Å². The number of nitrogens with zero attached hydrogens (tertiary/aromatic N) is 1. The highest BCUT2D eigenvalue weighted by Gasteiger charge is 2.17. The maximum Gasteiger partial charge on any atom is 0.0462 e. The fraction of sp³-hybridized carbons (Fsp3) is 1.00. The summed E-state index contributed by atoms with van der Waals surface area (Å²) in [5.41, 5.74) is 0. The van der Waals surface area contributed by atoms with E-state index in [1.165, 1.54) is 45.3 Å². The Morgan fingerprint density at radius 2 is 2.00 bits per heavy atom. The van der Waals surface area contributed by atoms with E-state index in [1.807, 2.05) is 0 Å². The summed E-state index contributed by atoms with van der Waals surface area (Å²) in [7, 11) is 1.77. The Morgan fingerprint density at radius 1 is 1.29 bits per heavy atom. The first-order valence-corrected chi connectivity index (χ1v) is 6.17. The van der Waals surface area contributed by atoms with Gasteiger partial charge in [0.25, 0.3) is 0 Å². The minimum Gasteiger partial charge on any atom is -0.385 e. The molecule has 1 aliphatic heterocycles. The van der Waals surface area contributed by atoms with Crippen molar-refractivity contribution in [3.05, 3.63) is 0 Å². The number of hydrogen-bond acceptors (Lipinski definition) is 2. The molecule has 0 aromatic rings. The van der Waals surface area contributed by atoms with Crippen LogP contribution in [0.2, 0.25) is 0 Å². The van der Waals surface area contributed by atoms with Crippen molar-refractivity contribution in [3.8, 4) is 0 Å². The van der Waals surface area contributed by atoms with Crippen LogP contribution in [0.25, 0.3) is 0 Å². The van der Waals surface area contributed by atoms with Crippen LogP contribution in [-0.4, -0.2) is 44.1 Å². The highest BCUT2D eigenvalue weighted by molar-refractivity contribution is 6.18. The molecule has 1 heterocycles. The number of ether oxygens (including phenoxy) is 1. The summed E-state index contributed by atoms with van der Waals surface area (Å²) in [6, 6.07) is 0. The second-order valence-electron chi connectivity index (χ2n) is 4.14.